The van der Waals surface area contributed by atoms with E-state index in [-0.39, 0.29) is 5.69 Å². The fourth-order valence-corrected chi connectivity index (χ4v) is 1.95. The van der Waals surface area contributed by atoms with Crippen LogP contribution in [0.1, 0.15) is 16.2 Å². The second kappa shape index (κ2) is 3.62. The van der Waals surface area contributed by atoms with Crippen molar-refractivity contribution >= 4 is 32.7 Å². The largest absolute Gasteiger partial charge is 0.476 e. The van der Waals surface area contributed by atoms with Gasteiger partial charge in [-0.3, -0.25) is 0 Å². The molecule has 0 saturated carbocycles. The number of halogens is 1. The average molecular weight is 266 g/mol. The topological polar surface area (TPSA) is 50.2 Å². The third-order valence-corrected chi connectivity index (χ3v) is 3.22. The van der Waals surface area contributed by atoms with Crippen LogP contribution in [0.5, 0.6) is 0 Å². The van der Waals surface area contributed by atoms with E-state index in [1.165, 1.54) is 0 Å². The molecule has 2 aromatic rings. The van der Waals surface area contributed by atoms with Crippen molar-refractivity contribution in [1.29, 1.82) is 0 Å². The molecule has 0 aliphatic rings. The minimum absolute atomic E-state index is 0.103. The number of fused-ring (bicyclic) bond motifs is 1. The van der Waals surface area contributed by atoms with E-state index in [2.05, 4.69) is 20.9 Å². The number of aryl methyl sites for hydroxylation is 1. The third kappa shape index (κ3) is 1.61. The number of hydrogen-bond acceptors (Lipinski definition) is 2. The van der Waals surface area contributed by atoms with Crippen molar-refractivity contribution in [2.24, 2.45) is 0 Å². The highest BCUT2D eigenvalue weighted by Gasteiger charge is 2.13. The van der Waals surface area contributed by atoms with E-state index in [0.717, 1.165) is 9.86 Å². The number of benzene rings is 1. The van der Waals surface area contributed by atoms with Crippen LogP contribution < -0.4 is 0 Å². The molecule has 0 atom stereocenters. The van der Waals surface area contributed by atoms with Gasteiger partial charge in [0.05, 0.1) is 5.69 Å². The van der Waals surface area contributed by atoms with Gasteiger partial charge in [0, 0.05) is 15.2 Å². The van der Waals surface area contributed by atoms with Gasteiger partial charge in [-0.1, -0.05) is 24.3 Å². The molecule has 0 fully saturated rings. The predicted molar refractivity (Wildman–Crippen MR) is 61.1 cm³/mol. The normalized spacial score (nSPS) is 10.5. The molecule has 0 spiro atoms. The number of aromatic nitrogens is 1. The molecular formula is C11H8BrNO2. The lowest BCUT2D eigenvalue weighted by molar-refractivity contribution is 0.0692. The fraction of sp³-hybridized carbons (Fsp3) is 0.0909. The maximum atomic E-state index is 11.0. The van der Waals surface area contributed by atoms with E-state index in [0.29, 0.717) is 11.1 Å². The first kappa shape index (κ1) is 10.1. The predicted octanol–water partition coefficient (Wildman–Crippen LogP) is 3.00. The number of aromatic carboxylic acids is 1. The van der Waals surface area contributed by atoms with Gasteiger partial charge in [0.15, 0.2) is 5.69 Å². The Bertz CT molecular complexity index is 552. The maximum Gasteiger partial charge on any atom is 0.355 e. The first-order valence-corrected chi connectivity index (χ1v) is 5.18. The summed E-state index contributed by atoms with van der Waals surface area (Å²) in [6, 6.07) is 7.31. The molecule has 15 heavy (non-hydrogen) atoms. The molecule has 0 amide bonds. The number of rotatable bonds is 1. The van der Waals surface area contributed by atoms with E-state index in [9.17, 15) is 4.79 Å². The van der Waals surface area contributed by atoms with Crippen LogP contribution in [0.2, 0.25) is 0 Å². The lowest BCUT2D eigenvalue weighted by Gasteiger charge is -2.06. The summed E-state index contributed by atoms with van der Waals surface area (Å²) in [7, 11) is 0. The molecule has 3 nitrogen and oxygen atoms in total. The van der Waals surface area contributed by atoms with Crippen LogP contribution in [0.4, 0.5) is 0 Å². The molecule has 0 aliphatic carbocycles. The highest BCUT2D eigenvalue weighted by atomic mass is 79.9. The molecule has 1 aromatic carbocycles. The van der Waals surface area contributed by atoms with Crippen LogP contribution >= 0.6 is 15.9 Å². The maximum absolute atomic E-state index is 11.0. The van der Waals surface area contributed by atoms with Crippen molar-refractivity contribution in [1.82, 2.24) is 4.98 Å². The third-order valence-electron chi connectivity index (χ3n) is 2.22. The summed E-state index contributed by atoms with van der Waals surface area (Å²) in [5.41, 5.74) is 0.789. The van der Waals surface area contributed by atoms with Crippen molar-refractivity contribution in [3.8, 4) is 0 Å². The first-order chi connectivity index (χ1) is 7.11. The first-order valence-electron chi connectivity index (χ1n) is 4.39. The minimum atomic E-state index is -0.998. The van der Waals surface area contributed by atoms with Crippen LogP contribution in [0, 0.1) is 6.92 Å². The zero-order valence-electron chi connectivity index (χ0n) is 7.99. The molecular weight excluding hydrogens is 258 g/mol. The lowest BCUT2D eigenvalue weighted by atomic mass is 10.1. The Morgan fingerprint density at radius 3 is 2.53 bits per heavy atom. The van der Waals surface area contributed by atoms with E-state index in [1.807, 2.05) is 12.1 Å². The molecule has 0 unspecified atom stereocenters. The van der Waals surface area contributed by atoms with Crippen molar-refractivity contribution in [2.75, 3.05) is 0 Å². The molecule has 2 rings (SSSR count). The van der Waals surface area contributed by atoms with Crippen LogP contribution in [0.15, 0.2) is 28.7 Å². The number of carbonyl (C=O) groups is 1. The summed E-state index contributed by atoms with van der Waals surface area (Å²) in [6.45, 7) is 1.78. The zero-order chi connectivity index (χ0) is 11.0. The Labute approximate surface area is 94.9 Å². The van der Waals surface area contributed by atoms with Gasteiger partial charge >= 0.3 is 5.97 Å². The molecule has 4 heteroatoms. The van der Waals surface area contributed by atoms with Gasteiger partial charge in [0.25, 0.3) is 0 Å². The number of nitrogens with zero attached hydrogens (tertiary/aromatic N) is 1. The molecule has 1 N–H and O–H groups in total. The highest BCUT2D eigenvalue weighted by molar-refractivity contribution is 9.10. The van der Waals surface area contributed by atoms with Crippen molar-refractivity contribution < 1.29 is 9.90 Å². The van der Waals surface area contributed by atoms with E-state index < -0.39 is 5.97 Å². The molecule has 1 heterocycles. The molecule has 0 radical (unpaired) electrons. The monoisotopic (exact) mass is 265 g/mol. The summed E-state index contributed by atoms with van der Waals surface area (Å²) >= 11 is 3.41. The Hall–Kier alpha value is -1.42. The number of carboxylic acid groups (broad SMARTS) is 1. The van der Waals surface area contributed by atoms with Gasteiger partial charge in [-0.15, -0.1) is 0 Å². The number of hydrogen-bond donors (Lipinski definition) is 1. The summed E-state index contributed by atoms with van der Waals surface area (Å²) in [5, 5.41) is 10.6. The quantitative estimate of drug-likeness (QED) is 0.863. The molecule has 0 saturated heterocycles. The van der Waals surface area contributed by atoms with Crippen LogP contribution in [-0.4, -0.2) is 16.1 Å². The van der Waals surface area contributed by atoms with E-state index >= 15 is 0 Å². The number of carboxylic acids is 1. The second-order valence-electron chi connectivity index (χ2n) is 3.21. The summed E-state index contributed by atoms with van der Waals surface area (Å²) < 4.78 is 0.850. The van der Waals surface area contributed by atoms with Crippen molar-refractivity contribution in [2.45, 2.75) is 6.92 Å². The molecule has 0 bridgehead atoms. The Kier molecular flexibility index (Phi) is 2.44. The van der Waals surface area contributed by atoms with Gasteiger partial charge in [-0.25, -0.2) is 9.78 Å². The van der Waals surface area contributed by atoms with Gasteiger partial charge in [-0.05, 0) is 22.9 Å². The van der Waals surface area contributed by atoms with Gasteiger partial charge in [-0.2, -0.15) is 0 Å². The standard InChI is InChI=1S/C11H8BrNO2/c1-6-9(12)7-4-2-3-5-8(7)10(13-6)11(14)15/h2-5H,1H3,(H,14,15). The van der Waals surface area contributed by atoms with Crippen LogP contribution in [-0.2, 0) is 0 Å². The summed E-state index contributed by atoms with van der Waals surface area (Å²) in [4.78, 5) is 15.1. The number of pyridine rings is 1. The minimum Gasteiger partial charge on any atom is -0.476 e. The Morgan fingerprint density at radius 1 is 1.33 bits per heavy atom. The van der Waals surface area contributed by atoms with Crippen LogP contribution in [0.3, 0.4) is 0 Å². The average Bonchev–Trinajstić information content (AvgIpc) is 2.23. The lowest BCUT2D eigenvalue weighted by Crippen LogP contribution is -2.03. The van der Waals surface area contributed by atoms with Gasteiger partial charge in [0.2, 0.25) is 0 Å². The van der Waals surface area contributed by atoms with E-state index in [4.69, 9.17) is 5.11 Å². The molecule has 76 valence electrons. The molecule has 1 aromatic heterocycles. The van der Waals surface area contributed by atoms with Gasteiger partial charge in [0.1, 0.15) is 0 Å². The van der Waals surface area contributed by atoms with Crippen molar-refractivity contribution in [3.05, 3.63) is 40.1 Å². The van der Waals surface area contributed by atoms with Gasteiger partial charge < -0.3 is 5.11 Å². The Balaban J connectivity index is 2.94. The van der Waals surface area contributed by atoms with Crippen LogP contribution in [0.25, 0.3) is 10.8 Å². The smallest absolute Gasteiger partial charge is 0.355 e. The van der Waals surface area contributed by atoms with E-state index in [1.54, 1.807) is 19.1 Å². The summed E-state index contributed by atoms with van der Waals surface area (Å²) in [5.74, 6) is -0.998. The van der Waals surface area contributed by atoms with Crippen molar-refractivity contribution in [3.63, 3.8) is 0 Å². The fourth-order valence-electron chi connectivity index (χ4n) is 1.52. The zero-order valence-corrected chi connectivity index (χ0v) is 9.58. The molecule has 0 aliphatic heterocycles. The highest BCUT2D eigenvalue weighted by Crippen LogP contribution is 2.27. The summed E-state index contributed by atoms with van der Waals surface area (Å²) in [6.07, 6.45) is 0. The SMILES string of the molecule is Cc1nc(C(=O)O)c2ccccc2c1Br. The Morgan fingerprint density at radius 2 is 1.93 bits per heavy atom. The second-order valence-corrected chi connectivity index (χ2v) is 4.00.